The number of pyridine rings is 1. The summed E-state index contributed by atoms with van der Waals surface area (Å²) in [5.74, 6) is 1.70. The van der Waals surface area contributed by atoms with Crippen molar-refractivity contribution in [3.05, 3.63) is 101 Å². The van der Waals surface area contributed by atoms with Crippen LogP contribution in [0.25, 0.3) is 33.4 Å². The summed E-state index contributed by atoms with van der Waals surface area (Å²) in [6.07, 6.45) is 3.42. The number of halogens is 1. The lowest BCUT2D eigenvalue weighted by Gasteiger charge is -2.18. The van der Waals surface area contributed by atoms with Crippen LogP contribution in [-0.4, -0.2) is 28.0 Å². The topological polar surface area (TPSA) is 68.2 Å². The molecule has 0 fully saturated rings. The highest BCUT2D eigenvalue weighted by Gasteiger charge is 2.31. The SMILES string of the molecule is COc1cccc(-c2ccc3nc(-c4cccnc4)nc(N4Cc5ccc(Cl)cc5C4=O)c3c2)c1. The largest absolute Gasteiger partial charge is 0.497 e. The molecule has 0 saturated heterocycles. The lowest BCUT2D eigenvalue weighted by molar-refractivity contribution is 0.0996. The summed E-state index contributed by atoms with van der Waals surface area (Å²) in [6.45, 7) is 0.410. The predicted octanol–water partition coefficient (Wildman–Crippen LogP) is 6.18. The Morgan fingerprint density at radius 1 is 0.914 bits per heavy atom. The molecule has 0 N–H and O–H groups in total. The Kier molecular flexibility index (Phi) is 5.16. The van der Waals surface area contributed by atoms with Crippen molar-refractivity contribution in [2.24, 2.45) is 0 Å². The summed E-state index contributed by atoms with van der Waals surface area (Å²) in [6, 6.07) is 23.0. The molecule has 1 aliphatic heterocycles. The van der Waals surface area contributed by atoms with E-state index in [4.69, 9.17) is 26.3 Å². The Hall–Kier alpha value is -4.29. The van der Waals surface area contributed by atoms with Crippen LogP contribution in [0.4, 0.5) is 5.82 Å². The van der Waals surface area contributed by atoms with Crippen LogP contribution in [0.3, 0.4) is 0 Å². The number of hydrogen-bond acceptors (Lipinski definition) is 5. The molecule has 7 heteroatoms. The second-order valence-electron chi connectivity index (χ2n) is 8.27. The highest BCUT2D eigenvalue weighted by molar-refractivity contribution is 6.31. The smallest absolute Gasteiger partial charge is 0.260 e. The van der Waals surface area contributed by atoms with Gasteiger partial charge < -0.3 is 4.74 Å². The van der Waals surface area contributed by atoms with Crippen molar-refractivity contribution in [2.75, 3.05) is 12.0 Å². The Bertz CT molecular complexity index is 1600. The van der Waals surface area contributed by atoms with E-state index >= 15 is 0 Å². The summed E-state index contributed by atoms with van der Waals surface area (Å²) in [7, 11) is 1.65. The molecular formula is C28H19ClN4O2. The molecule has 0 bridgehead atoms. The van der Waals surface area contributed by atoms with Crippen molar-refractivity contribution in [2.45, 2.75) is 6.54 Å². The van der Waals surface area contributed by atoms with Gasteiger partial charge in [0.15, 0.2) is 5.82 Å². The average molecular weight is 479 g/mol. The second-order valence-corrected chi connectivity index (χ2v) is 8.71. The first-order valence-electron chi connectivity index (χ1n) is 11.1. The first-order valence-corrected chi connectivity index (χ1v) is 11.5. The third kappa shape index (κ3) is 3.78. The molecule has 0 atom stereocenters. The Morgan fingerprint density at radius 3 is 2.60 bits per heavy atom. The van der Waals surface area contributed by atoms with Crippen molar-refractivity contribution < 1.29 is 9.53 Å². The van der Waals surface area contributed by atoms with Crippen LogP contribution in [0.2, 0.25) is 5.02 Å². The number of nitrogens with zero attached hydrogens (tertiary/aromatic N) is 4. The summed E-state index contributed by atoms with van der Waals surface area (Å²) in [5.41, 5.74) is 5.00. The van der Waals surface area contributed by atoms with Gasteiger partial charge in [-0.2, -0.15) is 0 Å². The van der Waals surface area contributed by atoms with Gasteiger partial charge in [-0.1, -0.05) is 35.9 Å². The molecule has 3 heterocycles. The minimum absolute atomic E-state index is 0.133. The molecule has 3 aromatic carbocycles. The quantitative estimate of drug-likeness (QED) is 0.308. The number of carbonyl (C=O) groups is 1. The Morgan fingerprint density at radius 2 is 1.77 bits per heavy atom. The van der Waals surface area contributed by atoms with E-state index in [-0.39, 0.29) is 5.91 Å². The highest BCUT2D eigenvalue weighted by Crippen LogP contribution is 2.36. The van der Waals surface area contributed by atoms with Gasteiger partial charge in [0.05, 0.1) is 19.2 Å². The minimum Gasteiger partial charge on any atom is -0.497 e. The summed E-state index contributed by atoms with van der Waals surface area (Å²) in [4.78, 5) is 29.0. The number of hydrogen-bond donors (Lipinski definition) is 0. The van der Waals surface area contributed by atoms with Gasteiger partial charge in [0.25, 0.3) is 5.91 Å². The van der Waals surface area contributed by atoms with Crippen molar-refractivity contribution in [3.8, 4) is 28.3 Å². The number of ether oxygens (including phenoxy) is 1. The van der Waals surface area contributed by atoms with Crippen LogP contribution in [0.15, 0.2) is 85.2 Å². The maximum absolute atomic E-state index is 13.5. The first kappa shape index (κ1) is 21.3. The van der Waals surface area contributed by atoms with E-state index in [0.29, 0.717) is 28.8 Å². The highest BCUT2D eigenvalue weighted by atomic mass is 35.5. The number of anilines is 1. The third-order valence-corrected chi connectivity index (χ3v) is 6.37. The van der Waals surface area contributed by atoms with Gasteiger partial charge in [-0.15, -0.1) is 0 Å². The van der Waals surface area contributed by atoms with Gasteiger partial charge in [0.1, 0.15) is 11.6 Å². The number of aromatic nitrogens is 3. The molecule has 0 unspecified atom stereocenters. The maximum atomic E-state index is 13.5. The number of carbonyl (C=O) groups excluding carboxylic acids is 1. The third-order valence-electron chi connectivity index (χ3n) is 6.13. The normalized spacial score (nSPS) is 12.7. The molecule has 2 aromatic heterocycles. The van der Waals surface area contributed by atoms with E-state index in [0.717, 1.165) is 38.9 Å². The summed E-state index contributed by atoms with van der Waals surface area (Å²) >= 11 is 6.18. The van der Waals surface area contributed by atoms with Crippen LogP contribution in [0.5, 0.6) is 5.75 Å². The van der Waals surface area contributed by atoms with E-state index < -0.39 is 0 Å². The molecule has 1 aliphatic rings. The molecular weight excluding hydrogens is 460 g/mol. The maximum Gasteiger partial charge on any atom is 0.260 e. The molecule has 0 radical (unpaired) electrons. The van der Waals surface area contributed by atoms with Crippen LogP contribution in [0.1, 0.15) is 15.9 Å². The van der Waals surface area contributed by atoms with Crippen molar-refractivity contribution in [1.29, 1.82) is 0 Å². The zero-order chi connectivity index (χ0) is 23.9. The first-order chi connectivity index (χ1) is 17.1. The lowest BCUT2D eigenvalue weighted by atomic mass is 10.0. The van der Waals surface area contributed by atoms with Crippen molar-refractivity contribution >= 4 is 34.2 Å². The molecule has 0 saturated carbocycles. The molecule has 170 valence electrons. The minimum atomic E-state index is -0.133. The molecule has 1 amide bonds. The van der Waals surface area contributed by atoms with Gasteiger partial charge in [-0.3, -0.25) is 14.7 Å². The molecule has 6 nitrogen and oxygen atoms in total. The zero-order valence-electron chi connectivity index (χ0n) is 18.8. The predicted molar refractivity (Wildman–Crippen MR) is 137 cm³/mol. The van der Waals surface area contributed by atoms with Crippen LogP contribution >= 0.6 is 11.6 Å². The molecule has 0 aliphatic carbocycles. The zero-order valence-corrected chi connectivity index (χ0v) is 19.5. The number of methoxy groups -OCH3 is 1. The number of fused-ring (bicyclic) bond motifs is 2. The van der Waals surface area contributed by atoms with Gasteiger partial charge in [0, 0.05) is 33.9 Å². The van der Waals surface area contributed by atoms with Gasteiger partial charge in [-0.05, 0) is 65.2 Å². The standard InChI is InChI=1S/C28H19ClN4O2/c1-35-22-6-2-4-17(12-22)18-8-10-25-24(13-18)27(32-26(31-25)19-5-3-11-30-15-19)33-16-20-7-9-21(29)14-23(20)28(33)34/h2-15H,16H2,1H3. The molecule has 35 heavy (non-hydrogen) atoms. The molecule has 6 rings (SSSR count). The van der Waals surface area contributed by atoms with Crippen molar-refractivity contribution in [1.82, 2.24) is 15.0 Å². The van der Waals surface area contributed by atoms with Crippen LogP contribution in [-0.2, 0) is 6.54 Å². The number of rotatable bonds is 4. The van der Waals surface area contributed by atoms with E-state index in [1.165, 1.54) is 0 Å². The van der Waals surface area contributed by atoms with Crippen molar-refractivity contribution in [3.63, 3.8) is 0 Å². The van der Waals surface area contributed by atoms with E-state index in [2.05, 4.69) is 4.98 Å². The van der Waals surface area contributed by atoms with Gasteiger partial charge in [-0.25, -0.2) is 9.97 Å². The summed E-state index contributed by atoms with van der Waals surface area (Å²) < 4.78 is 5.40. The van der Waals surface area contributed by atoms with Crippen LogP contribution in [0, 0.1) is 0 Å². The Labute approximate surface area is 206 Å². The van der Waals surface area contributed by atoms with Crippen LogP contribution < -0.4 is 9.64 Å². The lowest BCUT2D eigenvalue weighted by Crippen LogP contribution is -2.24. The van der Waals surface area contributed by atoms with Gasteiger partial charge >= 0.3 is 0 Å². The fourth-order valence-corrected chi connectivity index (χ4v) is 4.54. The second kappa shape index (κ2) is 8.49. The Balaban J connectivity index is 1.55. The summed E-state index contributed by atoms with van der Waals surface area (Å²) in [5, 5.41) is 1.31. The van der Waals surface area contributed by atoms with E-state index in [1.807, 2.05) is 60.7 Å². The van der Waals surface area contributed by atoms with Gasteiger partial charge in [0.2, 0.25) is 0 Å². The fraction of sp³-hybridized carbons (Fsp3) is 0.0714. The molecule has 0 spiro atoms. The van der Waals surface area contributed by atoms with E-state index in [9.17, 15) is 4.79 Å². The average Bonchev–Trinajstić information content (AvgIpc) is 3.23. The molecule has 5 aromatic rings. The monoisotopic (exact) mass is 478 g/mol. The van der Waals surface area contributed by atoms with E-state index in [1.54, 1.807) is 36.5 Å². The number of amides is 1. The number of benzene rings is 3. The fourth-order valence-electron chi connectivity index (χ4n) is 4.37.